The van der Waals surface area contributed by atoms with Gasteiger partial charge in [-0.2, -0.15) is 0 Å². The number of likely N-dealkylation sites (tertiary alicyclic amines) is 1. The first-order valence-corrected chi connectivity index (χ1v) is 11.8. The zero-order chi connectivity index (χ0) is 26.9. The van der Waals surface area contributed by atoms with Crippen LogP contribution in [0.3, 0.4) is 0 Å². The number of ether oxygens (including phenoxy) is 4. The van der Waals surface area contributed by atoms with Gasteiger partial charge in [-0.1, -0.05) is 6.07 Å². The number of hydrogen-bond donors (Lipinski definition) is 1. The highest BCUT2D eigenvalue weighted by Gasteiger charge is 2.47. The lowest BCUT2D eigenvalue weighted by Crippen LogP contribution is -2.31. The van der Waals surface area contributed by atoms with Crippen LogP contribution in [0.15, 0.2) is 36.0 Å². The third kappa shape index (κ3) is 4.37. The molecule has 1 unspecified atom stereocenters. The second-order valence-electron chi connectivity index (χ2n) is 8.73. The van der Waals surface area contributed by atoms with Gasteiger partial charge in [-0.25, -0.2) is 4.98 Å². The fraction of sp³-hybridized carbons (Fsp3) is 0.370. The van der Waals surface area contributed by atoms with Gasteiger partial charge >= 0.3 is 0 Å². The Hall–Kier alpha value is -4.05. The average Bonchev–Trinajstić information content (AvgIpc) is 3.37. The normalized spacial score (nSPS) is 17.0. The molecule has 10 heteroatoms. The van der Waals surface area contributed by atoms with Crippen LogP contribution in [0, 0.1) is 13.8 Å². The highest BCUT2D eigenvalue weighted by molar-refractivity contribution is 6.46. The summed E-state index contributed by atoms with van der Waals surface area (Å²) in [6.07, 6.45) is 2.33. The summed E-state index contributed by atoms with van der Waals surface area (Å²) in [6.45, 7) is 4.35. The molecular weight excluding hydrogens is 478 g/mol. The zero-order valence-corrected chi connectivity index (χ0v) is 21.8. The summed E-state index contributed by atoms with van der Waals surface area (Å²) in [7, 11) is 6.03. The smallest absolute Gasteiger partial charge is 0.295 e. The van der Waals surface area contributed by atoms with Crippen LogP contribution in [0.2, 0.25) is 0 Å². The molecule has 196 valence electrons. The van der Waals surface area contributed by atoms with Crippen molar-refractivity contribution in [3.05, 3.63) is 58.6 Å². The van der Waals surface area contributed by atoms with Crippen LogP contribution in [-0.2, 0) is 14.3 Å². The van der Waals surface area contributed by atoms with Crippen LogP contribution in [0.1, 0.15) is 35.0 Å². The lowest BCUT2D eigenvalue weighted by molar-refractivity contribution is -0.140. The summed E-state index contributed by atoms with van der Waals surface area (Å²) >= 11 is 0. The minimum Gasteiger partial charge on any atom is -0.505 e. The van der Waals surface area contributed by atoms with Crippen molar-refractivity contribution in [3.8, 4) is 17.2 Å². The molecule has 0 spiro atoms. The molecule has 1 atom stereocenters. The largest absolute Gasteiger partial charge is 0.505 e. The van der Waals surface area contributed by atoms with Crippen LogP contribution >= 0.6 is 0 Å². The van der Waals surface area contributed by atoms with E-state index in [2.05, 4.69) is 4.98 Å². The van der Waals surface area contributed by atoms with E-state index in [4.69, 9.17) is 18.9 Å². The molecule has 3 aromatic rings. The van der Waals surface area contributed by atoms with Crippen molar-refractivity contribution in [1.29, 1.82) is 0 Å². The number of carbonyl (C=O) groups is 2. The van der Waals surface area contributed by atoms with Crippen molar-refractivity contribution in [2.45, 2.75) is 26.3 Å². The van der Waals surface area contributed by atoms with E-state index in [9.17, 15) is 14.7 Å². The van der Waals surface area contributed by atoms with Gasteiger partial charge in [0.15, 0.2) is 17.3 Å². The zero-order valence-electron chi connectivity index (χ0n) is 21.8. The number of aryl methyl sites for hydroxylation is 2. The Bertz CT molecular complexity index is 1370. The molecule has 37 heavy (non-hydrogen) atoms. The van der Waals surface area contributed by atoms with Crippen molar-refractivity contribution in [2.75, 3.05) is 41.6 Å². The van der Waals surface area contributed by atoms with Crippen LogP contribution in [0.25, 0.3) is 11.4 Å². The lowest BCUT2D eigenvalue weighted by Gasteiger charge is -2.26. The number of imidazole rings is 1. The van der Waals surface area contributed by atoms with Gasteiger partial charge in [-0.15, -0.1) is 0 Å². The van der Waals surface area contributed by atoms with Crippen LogP contribution in [0.5, 0.6) is 17.2 Å². The molecule has 0 saturated carbocycles. The molecule has 1 amide bonds. The van der Waals surface area contributed by atoms with Gasteiger partial charge in [-0.3, -0.25) is 9.59 Å². The topological polar surface area (TPSA) is 112 Å². The number of fused-ring (bicyclic) bond motifs is 1. The molecule has 1 saturated heterocycles. The second kappa shape index (κ2) is 10.5. The molecule has 0 aliphatic carbocycles. The van der Waals surface area contributed by atoms with Gasteiger partial charge in [-0.05, 0) is 49.6 Å². The van der Waals surface area contributed by atoms with Gasteiger partial charge in [0.05, 0.1) is 38.6 Å². The number of rotatable bonds is 9. The fourth-order valence-electron chi connectivity index (χ4n) is 4.77. The number of methoxy groups -OCH3 is 4. The number of aliphatic hydroxyl groups is 1. The van der Waals surface area contributed by atoms with E-state index >= 15 is 0 Å². The maximum atomic E-state index is 13.4. The fourth-order valence-corrected chi connectivity index (χ4v) is 4.77. The molecule has 1 aliphatic rings. The van der Waals surface area contributed by atoms with E-state index in [1.54, 1.807) is 26.2 Å². The molecule has 0 radical (unpaired) electrons. The van der Waals surface area contributed by atoms with Crippen molar-refractivity contribution in [3.63, 3.8) is 0 Å². The highest BCUT2D eigenvalue weighted by atomic mass is 16.5. The SMILES string of the molecule is COCCCN1C(=O)C(=O)/C(=C(/O)c2nc3c(C)cccn3c2C)C1c1cc(OC)c(OC)c(OC)c1. The molecule has 2 aromatic heterocycles. The van der Waals surface area contributed by atoms with E-state index in [-0.39, 0.29) is 23.6 Å². The number of amides is 1. The minimum absolute atomic E-state index is 0.0548. The summed E-state index contributed by atoms with van der Waals surface area (Å²) in [4.78, 5) is 32.7. The van der Waals surface area contributed by atoms with E-state index < -0.39 is 17.7 Å². The molecule has 1 N–H and O–H groups in total. The quantitative estimate of drug-likeness (QED) is 0.202. The number of Topliss-reactive ketones (excluding diaryl/α,β-unsaturated/α-hetero) is 1. The Morgan fingerprint density at radius 3 is 2.30 bits per heavy atom. The van der Waals surface area contributed by atoms with E-state index in [0.29, 0.717) is 47.2 Å². The Kier molecular flexibility index (Phi) is 7.40. The predicted octanol–water partition coefficient (Wildman–Crippen LogP) is 3.44. The van der Waals surface area contributed by atoms with Crippen LogP contribution in [0.4, 0.5) is 0 Å². The number of pyridine rings is 1. The van der Waals surface area contributed by atoms with Gasteiger partial charge in [0, 0.05) is 26.5 Å². The van der Waals surface area contributed by atoms with Crippen LogP contribution < -0.4 is 14.2 Å². The highest BCUT2D eigenvalue weighted by Crippen LogP contribution is 2.45. The summed E-state index contributed by atoms with van der Waals surface area (Å²) in [6, 6.07) is 6.24. The van der Waals surface area contributed by atoms with E-state index in [1.807, 2.05) is 29.7 Å². The third-order valence-corrected chi connectivity index (χ3v) is 6.60. The maximum Gasteiger partial charge on any atom is 0.295 e. The third-order valence-electron chi connectivity index (χ3n) is 6.60. The molecular formula is C27H31N3O7. The van der Waals surface area contributed by atoms with E-state index in [1.165, 1.54) is 26.2 Å². The number of hydrogen-bond acceptors (Lipinski definition) is 8. The predicted molar refractivity (Wildman–Crippen MR) is 136 cm³/mol. The van der Waals surface area contributed by atoms with Crippen molar-refractivity contribution in [2.24, 2.45) is 0 Å². The first kappa shape index (κ1) is 26.0. The Labute approximate surface area is 215 Å². The summed E-state index contributed by atoms with van der Waals surface area (Å²) in [5.74, 6) is -0.753. The first-order valence-electron chi connectivity index (χ1n) is 11.8. The Balaban J connectivity index is 1.97. The monoisotopic (exact) mass is 509 g/mol. The van der Waals surface area contributed by atoms with Crippen molar-refractivity contribution in [1.82, 2.24) is 14.3 Å². The summed E-state index contributed by atoms with van der Waals surface area (Å²) in [5.41, 5.74) is 2.91. The van der Waals surface area contributed by atoms with Crippen molar-refractivity contribution >= 4 is 23.1 Å². The average molecular weight is 510 g/mol. The Morgan fingerprint density at radius 1 is 1.05 bits per heavy atom. The minimum atomic E-state index is -0.907. The maximum absolute atomic E-state index is 13.4. The number of aliphatic hydroxyl groups excluding tert-OH is 1. The number of carbonyl (C=O) groups excluding carboxylic acids is 2. The number of ketones is 1. The molecule has 3 heterocycles. The molecule has 10 nitrogen and oxygen atoms in total. The molecule has 1 aromatic carbocycles. The molecule has 1 aliphatic heterocycles. The van der Waals surface area contributed by atoms with Gasteiger partial charge < -0.3 is 33.4 Å². The summed E-state index contributed by atoms with van der Waals surface area (Å²) < 4.78 is 23.5. The number of nitrogens with zero attached hydrogens (tertiary/aromatic N) is 3. The Morgan fingerprint density at radius 2 is 1.73 bits per heavy atom. The number of benzene rings is 1. The van der Waals surface area contributed by atoms with Crippen LogP contribution in [-0.4, -0.2) is 72.7 Å². The van der Waals surface area contributed by atoms with Gasteiger partial charge in [0.2, 0.25) is 5.75 Å². The van der Waals surface area contributed by atoms with Gasteiger partial charge in [0.25, 0.3) is 11.7 Å². The number of aromatic nitrogens is 2. The molecule has 1 fully saturated rings. The van der Waals surface area contributed by atoms with E-state index in [0.717, 1.165) is 5.56 Å². The van der Waals surface area contributed by atoms with Gasteiger partial charge in [0.1, 0.15) is 11.3 Å². The lowest BCUT2D eigenvalue weighted by atomic mass is 9.95. The molecule has 0 bridgehead atoms. The first-order chi connectivity index (χ1) is 17.8. The standard InChI is InChI=1S/C27H31N3O7/c1-15-9-7-10-29-16(2)21(28-26(15)29)23(31)20-22(30(11-8-12-34-3)27(33)24(20)32)17-13-18(35-4)25(37-6)19(14-17)36-5/h7,9-10,13-14,22,31H,8,11-12H2,1-6H3/b23-20+. The summed E-state index contributed by atoms with van der Waals surface area (Å²) in [5, 5.41) is 11.5. The second-order valence-corrected chi connectivity index (χ2v) is 8.73. The van der Waals surface area contributed by atoms with Crippen molar-refractivity contribution < 1.29 is 33.6 Å². The molecule has 4 rings (SSSR count).